The first kappa shape index (κ1) is 16.8. The van der Waals surface area contributed by atoms with Crippen LogP contribution in [0.1, 0.15) is 0 Å². The normalized spacial score (nSPS) is 12.4. The van der Waals surface area contributed by atoms with Crippen LogP contribution in [0, 0.1) is 0 Å². The second-order valence-electron chi connectivity index (χ2n) is 6.72. The van der Waals surface area contributed by atoms with E-state index in [4.69, 9.17) is 0 Å². The first-order valence-corrected chi connectivity index (χ1v) is 9.38. The molecule has 5 heteroatoms. The van der Waals surface area contributed by atoms with Gasteiger partial charge in [-0.25, -0.2) is 4.98 Å². The maximum atomic E-state index is 4.61. The second-order valence-corrected chi connectivity index (χ2v) is 7.80. The Morgan fingerprint density at radius 3 is 1.81 bits per heavy atom. The summed E-state index contributed by atoms with van der Waals surface area (Å²) in [5.74, 6) is 0.936. The molecule has 0 saturated carbocycles. The minimum atomic E-state index is 0.936. The smallest absolute Gasteiger partial charge is 0.137 e. The van der Waals surface area contributed by atoms with Gasteiger partial charge in [-0.2, -0.15) is 0 Å². The largest absolute Gasteiger partial charge is 0.378 e. The zero-order valence-corrected chi connectivity index (χ0v) is 16.3. The average Bonchev–Trinajstić information content (AvgIpc) is 2.65. The van der Waals surface area contributed by atoms with E-state index >= 15 is 0 Å². The number of aromatic nitrogens is 1. The van der Waals surface area contributed by atoms with Crippen LogP contribution in [-0.2, 0) is 0 Å². The van der Waals surface area contributed by atoms with Crippen molar-refractivity contribution in [1.29, 1.82) is 0 Å². The Bertz CT molecular complexity index is 880. The van der Waals surface area contributed by atoms with Gasteiger partial charge in [-0.3, -0.25) is 4.90 Å². The van der Waals surface area contributed by atoms with Crippen LogP contribution in [0.2, 0.25) is 0 Å². The Kier molecular flexibility index (Phi) is 4.24. The van der Waals surface area contributed by atoms with Gasteiger partial charge in [0.1, 0.15) is 5.82 Å². The number of hydrogen-bond donors (Lipinski definition) is 0. The molecule has 0 radical (unpaired) electrons. The van der Waals surface area contributed by atoms with Crippen molar-refractivity contribution in [1.82, 2.24) is 4.98 Å². The van der Waals surface area contributed by atoms with E-state index in [0.717, 1.165) is 5.82 Å². The van der Waals surface area contributed by atoms with E-state index in [1.165, 1.54) is 32.5 Å². The lowest BCUT2D eigenvalue weighted by atomic mass is 10.2. The van der Waals surface area contributed by atoms with Crippen molar-refractivity contribution < 1.29 is 0 Å². The molecular formula is C21H22N4S. The van der Waals surface area contributed by atoms with Crippen molar-refractivity contribution in [3.8, 4) is 0 Å². The van der Waals surface area contributed by atoms with Crippen molar-refractivity contribution in [2.75, 3.05) is 42.9 Å². The molecule has 0 aliphatic carbocycles. The van der Waals surface area contributed by atoms with Gasteiger partial charge in [0.2, 0.25) is 0 Å². The molecule has 0 atom stereocenters. The van der Waals surface area contributed by atoms with Gasteiger partial charge in [0, 0.05) is 55.6 Å². The zero-order valence-electron chi connectivity index (χ0n) is 15.5. The SMILES string of the molecule is CN(C)c1ccc2c(c1)Sc1cc(N(C)C)ccc1N2c1ccccn1. The molecule has 1 aliphatic heterocycles. The Balaban J connectivity index is 1.91. The molecule has 0 spiro atoms. The summed E-state index contributed by atoms with van der Waals surface area (Å²) in [7, 11) is 8.29. The molecule has 4 nitrogen and oxygen atoms in total. The molecular weight excluding hydrogens is 340 g/mol. The molecule has 0 unspecified atom stereocenters. The highest BCUT2D eigenvalue weighted by molar-refractivity contribution is 7.99. The molecule has 0 fully saturated rings. The number of fused-ring (bicyclic) bond motifs is 2. The van der Waals surface area contributed by atoms with E-state index in [-0.39, 0.29) is 0 Å². The van der Waals surface area contributed by atoms with Crippen molar-refractivity contribution >= 4 is 40.3 Å². The van der Waals surface area contributed by atoms with Gasteiger partial charge >= 0.3 is 0 Å². The zero-order chi connectivity index (χ0) is 18.3. The first-order valence-electron chi connectivity index (χ1n) is 8.56. The minimum absolute atomic E-state index is 0.936. The Morgan fingerprint density at radius 2 is 1.35 bits per heavy atom. The van der Waals surface area contributed by atoms with Gasteiger partial charge in [0.25, 0.3) is 0 Å². The van der Waals surface area contributed by atoms with Crippen molar-refractivity contribution in [2.45, 2.75) is 9.79 Å². The highest BCUT2D eigenvalue weighted by atomic mass is 32.2. The van der Waals surface area contributed by atoms with Crippen LogP contribution in [-0.4, -0.2) is 33.2 Å². The summed E-state index contributed by atoms with van der Waals surface area (Å²) in [6.07, 6.45) is 1.85. The molecule has 4 rings (SSSR count). The van der Waals surface area contributed by atoms with E-state index in [1.54, 1.807) is 0 Å². The minimum Gasteiger partial charge on any atom is -0.378 e. The molecule has 0 saturated heterocycles. The maximum absolute atomic E-state index is 4.61. The van der Waals surface area contributed by atoms with Gasteiger partial charge in [0.15, 0.2) is 0 Å². The van der Waals surface area contributed by atoms with Crippen molar-refractivity contribution in [2.24, 2.45) is 0 Å². The summed E-state index contributed by atoms with van der Waals surface area (Å²) in [4.78, 5) is 13.6. The summed E-state index contributed by atoms with van der Waals surface area (Å²) in [5.41, 5.74) is 4.74. The van der Waals surface area contributed by atoms with Crippen LogP contribution in [0.5, 0.6) is 0 Å². The fourth-order valence-corrected chi connectivity index (χ4v) is 4.20. The summed E-state index contributed by atoms with van der Waals surface area (Å²) < 4.78 is 0. The molecule has 26 heavy (non-hydrogen) atoms. The lowest BCUT2D eigenvalue weighted by molar-refractivity contribution is 1.08. The first-order chi connectivity index (χ1) is 12.5. The number of benzene rings is 2. The Morgan fingerprint density at radius 1 is 0.769 bits per heavy atom. The molecule has 1 aromatic heterocycles. The third-order valence-electron chi connectivity index (χ3n) is 4.50. The predicted octanol–water partition coefficient (Wildman–Crippen LogP) is 5.15. The third kappa shape index (κ3) is 2.88. The van der Waals surface area contributed by atoms with Crippen LogP contribution in [0.15, 0.2) is 70.6 Å². The maximum Gasteiger partial charge on any atom is 0.137 e. The number of nitrogens with zero attached hydrogens (tertiary/aromatic N) is 4. The fraction of sp³-hybridized carbons (Fsp3) is 0.190. The lowest BCUT2D eigenvalue weighted by Gasteiger charge is -2.33. The highest BCUT2D eigenvalue weighted by Gasteiger charge is 2.26. The molecule has 0 amide bonds. The van der Waals surface area contributed by atoms with Crippen LogP contribution in [0.3, 0.4) is 0 Å². The van der Waals surface area contributed by atoms with Crippen molar-refractivity contribution in [3.63, 3.8) is 0 Å². The molecule has 0 bridgehead atoms. The average molecular weight is 363 g/mol. The summed E-state index contributed by atoms with van der Waals surface area (Å²) in [5, 5.41) is 0. The third-order valence-corrected chi connectivity index (χ3v) is 5.59. The monoisotopic (exact) mass is 362 g/mol. The molecule has 0 N–H and O–H groups in total. The topological polar surface area (TPSA) is 22.6 Å². The number of pyridine rings is 1. The summed E-state index contributed by atoms with van der Waals surface area (Å²) >= 11 is 1.82. The van der Waals surface area contributed by atoms with Gasteiger partial charge in [-0.1, -0.05) is 17.8 Å². The van der Waals surface area contributed by atoms with Crippen LogP contribution in [0.4, 0.5) is 28.6 Å². The standard InChI is InChI=1S/C21H22N4S/c1-23(2)15-8-10-17-19(13-15)26-20-14-16(24(3)4)9-11-18(20)25(17)21-7-5-6-12-22-21/h5-14H,1-4H3. The quantitative estimate of drug-likeness (QED) is 0.501. The van der Waals surface area contributed by atoms with Gasteiger partial charge in [-0.05, 0) is 48.5 Å². The Labute approximate surface area is 159 Å². The molecule has 132 valence electrons. The van der Waals surface area contributed by atoms with Crippen LogP contribution in [0.25, 0.3) is 0 Å². The number of anilines is 5. The van der Waals surface area contributed by atoms with E-state index < -0.39 is 0 Å². The van der Waals surface area contributed by atoms with E-state index in [2.05, 4.69) is 90.3 Å². The van der Waals surface area contributed by atoms with Crippen LogP contribution >= 0.6 is 11.8 Å². The fourth-order valence-electron chi connectivity index (χ4n) is 3.08. The second kappa shape index (κ2) is 6.57. The molecule has 2 aromatic carbocycles. The van der Waals surface area contributed by atoms with Crippen LogP contribution < -0.4 is 14.7 Å². The van der Waals surface area contributed by atoms with Crippen molar-refractivity contribution in [3.05, 3.63) is 60.8 Å². The Hall–Kier alpha value is -2.66. The summed E-state index contributed by atoms with van der Waals surface area (Å²) in [6.45, 7) is 0. The predicted molar refractivity (Wildman–Crippen MR) is 112 cm³/mol. The summed E-state index contributed by atoms with van der Waals surface area (Å²) in [6, 6.07) is 19.2. The van der Waals surface area contributed by atoms with E-state index in [9.17, 15) is 0 Å². The number of rotatable bonds is 3. The molecule has 1 aliphatic rings. The molecule has 3 aromatic rings. The van der Waals surface area contributed by atoms with Gasteiger partial charge in [-0.15, -0.1) is 0 Å². The van der Waals surface area contributed by atoms with Gasteiger partial charge in [0.05, 0.1) is 11.4 Å². The number of hydrogen-bond acceptors (Lipinski definition) is 5. The van der Waals surface area contributed by atoms with E-state index in [1.807, 2.05) is 30.1 Å². The highest BCUT2D eigenvalue weighted by Crippen LogP contribution is 2.52. The lowest BCUT2D eigenvalue weighted by Crippen LogP contribution is -2.17. The van der Waals surface area contributed by atoms with E-state index in [0.29, 0.717) is 0 Å². The van der Waals surface area contributed by atoms with Gasteiger partial charge < -0.3 is 9.80 Å². The molecule has 2 heterocycles.